The van der Waals surface area contributed by atoms with Crippen LogP contribution in [0.2, 0.25) is 0 Å². The van der Waals surface area contributed by atoms with Crippen LogP contribution in [0.3, 0.4) is 0 Å². The molecule has 1 N–H and O–H groups in total. The summed E-state index contributed by atoms with van der Waals surface area (Å²) in [5.41, 5.74) is 0.999. The first kappa shape index (κ1) is 13.0. The van der Waals surface area contributed by atoms with Crippen molar-refractivity contribution in [1.82, 2.24) is 10.3 Å². The zero-order chi connectivity index (χ0) is 12.3. The van der Waals surface area contributed by atoms with E-state index in [1.165, 1.54) is 4.88 Å². The van der Waals surface area contributed by atoms with Gasteiger partial charge in [-0.25, -0.2) is 4.98 Å². The van der Waals surface area contributed by atoms with Gasteiger partial charge in [0.25, 0.3) is 0 Å². The first-order chi connectivity index (χ1) is 8.15. The number of aromatic nitrogens is 1. The number of aryl methyl sites for hydroxylation is 2. The Hall–Kier alpha value is -0.490. The van der Waals surface area contributed by atoms with Gasteiger partial charge in [0.1, 0.15) is 10.6 Å². The summed E-state index contributed by atoms with van der Waals surface area (Å²) < 4.78 is 11.0. The third kappa shape index (κ3) is 3.04. The normalized spacial score (nSPS) is 24.4. The fraction of sp³-hybridized carbons (Fsp3) is 0.750. The lowest BCUT2D eigenvalue weighted by atomic mass is 10.0. The second-order valence-electron chi connectivity index (χ2n) is 4.54. The van der Waals surface area contributed by atoms with Gasteiger partial charge in [-0.1, -0.05) is 0 Å². The van der Waals surface area contributed by atoms with E-state index in [-0.39, 0.29) is 5.60 Å². The van der Waals surface area contributed by atoms with E-state index in [4.69, 9.17) is 9.47 Å². The molecule has 0 spiro atoms. The summed E-state index contributed by atoms with van der Waals surface area (Å²) in [6.45, 7) is 7.28. The van der Waals surface area contributed by atoms with Gasteiger partial charge in [-0.05, 0) is 13.8 Å². The lowest BCUT2D eigenvalue weighted by molar-refractivity contribution is -0.0159. The molecule has 4 nitrogen and oxygen atoms in total. The van der Waals surface area contributed by atoms with Crippen LogP contribution in [0.5, 0.6) is 0 Å². The van der Waals surface area contributed by atoms with Crippen molar-refractivity contribution < 1.29 is 9.47 Å². The van der Waals surface area contributed by atoms with Crippen LogP contribution in [0.4, 0.5) is 0 Å². The number of nitrogens with zero attached hydrogens (tertiary/aromatic N) is 1. The van der Waals surface area contributed by atoms with Crippen LogP contribution < -0.4 is 5.32 Å². The van der Waals surface area contributed by atoms with Crippen molar-refractivity contribution in [3.05, 3.63) is 15.6 Å². The van der Waals surface area contributed by atoms with Crippen molar-refractivity contribution in [2.75, 3.05) is 26.9 Å². The van der Waals surface area contributed by atoms with Gasteiger partial charge in [-0.2, -0.15) is 0 Å². The number of ether oxygens (including phenoxy) is 2. The van der Waals surface area contributed by atoms with Crippen molar-refractivity contribution in [2.45, 2.75) is 32.4 Å². The molecule has 1 saturated heterocycles. The predicted octanol–water partition coefficient (Wildman–Crippen LogP) is 1.66. The fourth-order valence-corrected chi connectivity index (χ4v) is 2.88. The Labute approximate surface area is 106 Å². The molecule has 0 saturated carbocycles. The lowest BCUT2D eigenvalue weighted by Crippen LogP contribution is -2.42. The maximum Gasteiger partial charge on any atom is 0.107 e. The summed E-state index contributed by atoms with van der Waals surface area (Å²) >= 11 is 1.76. The first-order valence-electron chi connectivity index (χ1n) is 5.92. The van der Waals surface area contributed by atoms with Crippen molar-refractivity contribution in [1.29, 1.82) is 0 Å². The zero-order valence-electron chi connectivity index (χ0n) is 10.7. The van der Waals surface area contributed by atoms with E-state index in [1.54, 1.807) is 18.4 Å². The van der Waals surface area contributed by atoms with Gasteiger partial charge in [0.15, 0.2) is 0 Å². The van der Waals surface area contributed by atoms with Gasteiger partial charge < -0.3 is 14.8 Å². The van der Waals surface area contributed by atoms with Gasteiger partial charge in [-0.3, -0.25) is 0 Å². The summed E-state index contributed by atoms with van der Waals surface area (Å²) in [6.07, 6.45) is 0.965. The Morgan fingerprint density at radius 3 is 2.88 bits per heavy atom. The summed E-state index contributed by atoms with van der Waals surface area (Å²) in [7, 11) is 1.76. The maximum absolute atomic E-state index is 5.56. The van der Waals surface area contributed by atoms with Crippen LogP contribution in [-0.4, -0.2) is 37.5 Å². The van der Waals surface area contributed by atoms with Crippen LogP contribution in [0.25, 0.3) is 0 Å². The maximum atomic E-state index is 5.56. The molecule has 17 heavy (non-hydrogen) atoms. The Balaban J connectivity index is 1.82. The third-order valence-corrected chi connectivity index (χ3v) is 4.37. The minimum Gasteiger partial charge on any atom is -0.378 e. The summed E-state index contributed by atoms with van der Waals surface area (Å²) in [5, 5.41) is 4.56. The number of hydrogen-bond donors (Lipinski definition) is 1. The number of nitrogens with one attached hydrogen (secondary N) is 1. The molecule has 2 heterocycles. The molecule has 1 unspecified atom stereocenters. The largest absolute Gasteiger partial charge is 0.378 e. The molecule has 0 aromatic carbocycles. The Morgan fingerprint density at radius 2 is 2.35 bits per heavy atom. The summed E-state index contributed by atoms with van der Waals surface area (Å²) in [6, 6.07) is 0. The molecular formula is C12H20N2O2S. The molecule has 2 rings (SSSR count). The van der Waals surface area contributed by atoms with Crippen LogP contribution in [-0.2, 0) is 16.0 Å². The molecule has 1 aromatic heterocycles. The van der Waals surface area contributed by atoms with Crippen LogP contribution in [0.1, 0.15) is 22.0 Å². The molecular weight excluding hydrogens is 236 g/mol. The lowest BCUT2D eigenvalue weighted by Gasteiger charge is -2.25. The molecule has 0 bridgehead atoms. The van der Waals surface area contributed by atoms with E-state index in [9.17, 15) is 0 Å². The molecule has 1 aliphatic rings. The van der Waals surface area contributed by atoms with Gasteiger partial charge in [0.2, 0.25) is 0 Å². The highest BCUT2D eigenvalue weighted by Gasteiger charge is 2.34. The highest BCUT2D eigenvalue weighted by atomic mass is 32.1. The fourth-order valence-electron chi connectivity index (χ4n) is 1.97. The topological polar surface area (TPSA) is 43.4 Å². The highest BCUT2D eigenvalue weighted by Crippen LogP contribution is 2.22. The first-order valence-corrected chi connectivity index (χ1v) is 6.73. The average Bonchev–Trinajstić information content (AvgIpc) is 2.89. The molecule has 1 aromatic rings. The molecule has 1 atom stereocenters. The summed E-state index contributed by atoms with van der Waals surface area (Å²) in [4.78, 5) is 5.81. The molecule has 0 aliphatic carbocycles. The average molecular weight is 256 g/mol. The number of thiazole rings is 1. The van der Waals surface area contributed by atoms with Crippen molar-refractivity contribution >= 4 is 11.3 Å². The Kier molecular flexibility index (Phi) is 4.14. The number of rotatable bonds is 5. The quantitative estimate of drug-likeness (QED) is 0.870. The number of hydrogen-bond acceptors (Lipinski definition) is 5. The van der Waals surface area contributed by atoms with E-state index < -0.39 is 0 Å². The molecule has 96 valence electrons. The van der Waals surface area contributed by atoms with Crippen molar-refractivity contribution in [2.24, 2.45) is 0 Å². The van der Waals surface area contributed by atoms with E-state index in [1.807, 2.05) is 0 Å². The minimum absolute atomic E-state index is 0.138. The smallest absolute Gasteiger partial charge is 0.107 e. The molecule has 5 heteroatoms. The monoisotopic (exact) mass is 256 g/mol. The molecule has 0 amide bonds. The van der Waals surface area contributed by atoms with Gasteiger partial charge >= 0.3 is 0 Å². The Morgan fingerprint density at radius 1 is 1.53 bits per heavy atom. The van der Waals surface area contributed by atoms with E-state index in [0.29, 0.717) is 6.61 Å². The molecule has 0 radical (unpaired) electrons. The standard InChI is InChI=1S/C12H20N2O2S/c1-9-10(2)17-11(14-9)6-13-7-12(15-3)4-5-16-8-12/h13H,4-8H2,1-3H3. The SMILES string of the molecule is COC1(CNCc2nc(C)c(C)s2)CCOC1. The van der Waals surface area contributed by atoms with Gasteiger partial charge in [0.05, 0.1) is 12.3 Å². The van der Waals surface area contributed by atoms with Crippen molar-refractivity contribution in [3.63, 3.8) is 0 Å². The number of methoxy groups -OCH3 is 1. The molecule has 1 fully saturated rings. The predicted molar refractivity (Wildman–Crippen MR) is 68.5 cm³/mol. The second kappa shape index (κ2) is 5.44. The van der Waals surface area contributed by atoms with Gasteiger partial charge in [0, 0.05) is 38.1 Å². The van der Waals surface area contributed by atoms with E-state index in [2.05, 4.69) is 24.1 Å². The van der Waals surface area contributed by atoms with Gasteiger partial charge in [-0.15, -0.1) is 11.3 Å². The zero-order valence-corrected chi connectivity index (χ0v) is 11.5. The van der Waals surface area contributed by atoms with Crippen LogP contribution >= 0.6 is 11.3 Å². The second-order valence-corrected chi connectivity index (χ2v) is 5.83. The van der Waals surface area contributed by atoms with Crippen LogP contribution in [0, 0.1) is 13.8 Å². The van der Waals surface area contributed by atoms with E-state index in [0.717, 1.165) is 36.8 Å². The third-order valence-electron chi connectivity index (χ3n) is 3.30. The van der Waals surface area contributed by atoms with Crippen molar-refractivity contribution in [3.8, 4) is 0 Å². The Bertz CT molecular complexity index is 353. The van der Waals surface area contributed by atoms with E-state index >= 15 is 0 Å². The molecule has 1 aliphatic heterocycles. The summed E-state index contributed by atoms with van der Waals surface area (Å²) in [5.74, 6) is 0. The minimum atomic E-state index is -0.138. The highest BCUT2D eigenvalue weighted by molar-refractivity contribution is 7.11. The van der Waals surface area contributed by atoms with Crippen LogP contribution in [0.15, 0.2) is 0 Å².